The normalized spacial score (nSPS) is 10.6. The third-order valence-electron chi connectivity index (χ3n) is 3.61. The summed E-state index contributed by atoms with van der Waals surface area (Å²) < 4.78 is 1.12. The number of nitrogens with one attached hydrogen (secondary N) is 1. The molecule has 1 nitrogen and oxygen atoms in total. The third-order valence-corrected chi connectivity index (χ3v) is 4.10. The van der Waals surface area contributed by atoms with E-state index in [1.165, 1.54) is 33.5 Å². The summed E-state index contributed by atoms with van der Waals surface area (Å²) in [6.07, 6.45) is 0. The van der Waals surface area contributed by atoms with Gasteiger partial charge in [0, 0.05) is 16.7 Å². The van der Waals surface area contributed by atoms with Crippen molar-refractivity contribution < 1.29 is 0 Å². The van der Waals surface area contributed by atoms with Gasteiger partial charge in [0.05, 0.1) is 0 Å². The molecule has 0 aromatic heterocycles. The van der Waals surface area contributed by atoms with E-state index in [0.29, 0.717) is 0 Å². The molecule has 0 aliphatic rings. The molecule has 0 heterocycles. The predicted octanol–water partition coefficient (Wildman–Crippen LogP) is 5.29. The number of halogens is 1. The van der Waals surface area contributed by atoms with Crippen LogP contribution < -0.4 is 5.32 Å². The van der Waals surface area contributed by atoms with Gasteiger partial charge >= 0.3 is 0 Å². The Labute approximate surface area is 124 Å². The van der Waals surface area contributed by atoms with Gasteiger partial charge < -0.3 is 5.32 Å². The predicted molar refractivity (Wildman–Crippen MR) is 86.9 cm³/mol. The van der Waals surface area contributed by atoms with E-state index in [-0.39, 0.29) is 0 Å². The van der Waals surface area contributed by atoms with Crippen LogP contribution in [0.3, 0.4) is 0 Å². The van der Waals surface area contributed by atoms with Crippen LogP contribution in [0, 0.1) is 27.7 Å². The molecule has 1 N–H and O–H groups in total. The van der Waals surface area contributed by atoms with Crippen LogP contribution in [0.4, 0.5) is 5.69 Å². The van der Waals surface area contributed by atoms with E-state index in [4.69, 9.17) is 0 Å². The SMILES string of the molecule is Cc1cc(C)c(CNc2ccc(Br)cc2C)cc1C. The average Bonchev–Trinajstić information content (AvgIpc) is 2.34. The van der Waals surface area contributed by atoms with Gasteiger partial charge in [-0.3, -0.25) is 0 Å². The Morgan fingerprint density at radius 1 is 0.842 bits per heavy atom. The minimum Gasteiger partial charge on any atom is -0.381 e. The van der Waals surface area contributed by atoms with Gasteiger partial charge in [0.1, 0.15) is 0 Å². The van der Waals surface area contributed by atoms with Crippen molar-refractivity contribution in [2.75, 3.05) is 5.32 Å². The molecule has 0 radical (unpaired) electrons. The molecule has 2 rings (SSSR count). The number of anilines is 1. The molecule has 0 bridgehead atoms. The van der Waals surface area contributed by atoms with E-state index in [9.17, 15) is 0 Å². The third kappa shape index (κ3) is 3.38. The van der Waals surface area contributed by atoms with Crippen molar-refractivity contribution in [3.8, 4) is 0 Å². The fourth-order valence-corrected chi connectivity index (χ4v) is 2.70. The Kier molecular flexibility index (Phi) is 4.31. The van der Waals surface area contributed by atoms with Crippen LogP contribution in [0.1, 0.15) is 27.8 Å². The Morgan fingerprint density at radius 3 is 2.21 bits per heavy atom. The van der Waals surface area contributed by atoms with Gasteiger partial charge in [0.15, 0.2) is 0 Å². The van der Waals surface area contributed by atoms with E-state index in [1.807, 2.05) is 0 Å². The van der Waals surface area contributed by atoms with Crippen molar-refractivity contribution in [3.63, 3.8) is 0 Å². The average molecular weight is 318 g/mol. The summed E-state index contributed by atoms with van der Waals surface area (Å²) in [6.45, 7) is 9.51. The quantitative estimate of drug-likeness (QED) is 0.810. The van der Waals surface area contributed by atoms with Crippen LogP contribution in [0.5, 0.6) is 0 Å². The number of rotatable bonds is 3. The van der Waals surface area contributed by atoms with Gasteiger partial charge in [0.25, 0.3) is 0 Å². The molecule has 0 atom stereocenters. The van der Waals surface area contributed by atoms with Gasteiger partial charge in [-0.2, -0.15) is 0 Å². The highest BCUT2D eigenvalue weighted by Crippen LogP contribution is 2.22. The van der Waals surface area contributed by atoms with E-state index in [1.54, 1.807) is 0 Å². The molecule has 0 aliphatic heterocycles. The molecular formula is C17H20BrN. The summed E-state index contributed by atoms with van der Waals surface area (Å²) in [7, 11) is 0. The molecule has 0 amide bonds. The van der Waals surface area contributed by atoms with Gasteiger partial charge in [-0.15, -0.1) is 0 Å². The summed E-state index contributed by atoms with van der Waals surface area (Å²) in [5.41, 5.74) is 7.89. The Bertz CT molecular complexity index is 602. The monoisotopic (exact) mass is 317 g/mol. The van der Waals surface area contributed by atoms with Gasteiger partial charge in [-0.05, 0) is 73.7 Å². The maximum absolute atomic E-state index is 3.52. The standard InChI is InChI=1S/C17H20BrN/c1-11-7-13(3)15(8-12(11)2)10-19-17-6-5-16(18)9-14(17)4/h5-9,19H,10H2,1-4H3. The number of hydrogen-bond acceptors (Lipinski definition) is 1. The van der Waals surface area contributed by atoms with Crippen LogP contribution in [-0.4, -0.2) is 0 Å². The Balaban J connectivity index is 2.16. The molecule has 0 saturated carbocycles. The highest BCUT2D eigenvalue weighted by molar-refractivity contribution is 9.10. The number of benzene rings is 2. The molecule has 2 heteroatoms. The first-order chi connectivity index (χ1) is 8.97. The van der Waals surface area contributed by atoms with Crippen LogP contribution in [-0.2, 0) is 6.54 Å². The highest BCUT2D eigenvalue weighted by atomic mass is 79.9. The van der Waals surface area contributed by atoms with E-state index in [0.717, 1.165) is 11.0 Å². The Hall–Kier alpha value is -1.28. The molecule has 19 heavy (non-hydrogen) atoms. The van der Waals surface area contributed by atoms with Crippen molar-refractivity contribution in [3.05, 3.63) is 62.6 Å². The molecule has 0 unspecified atom stereocenters. The van der Waals surface area contributed by atoms with Crippen LogP contribution in [0.25, 0.3) is 0 Å². The lowest BCUT2D eigenvalue weighted by molar-refractivity contribution is 1.09. The molecule has 0 fully saturated rings. The highest BCUT2D eigenvalue weighted by Gasteiger charge is 2.03. The van der Waals surface area contributed by atoms with E-state index < -0.39 is 0 Å². The zero-order chi connectivity index (χ0) is 14.0. The van der Waals surface area contributed by atoms with Crippen molar-refractivity contribution in [1.82, 2.24) is 0 Å². The first-order valence-corrected chi connectivity index (χ1v) is 7.33. The minimum atomic E-state index is 0.870. The van der Waals surface area contributed by atoms with Crippen molar-refractivity contribution >= 4 is 21.6 Å². The lowest BCUT2D eigenvalue weighted by Gasteiger charge is -2.13. The smallest absolute Gasteiger partial charge is 0.0403 e. The van der Waals surface area contributed by atoms with Gasteiger partial charge in [0.2, 0.25) is 0 Å². The fraction of sp³-hybridized carbons (Fsp3) is 0.294. The minimum absolute atomic E-state index is 0.870. The second-order valence-corrected chi connectivity index (χ2v) is 6.09. The largest absolute Gasteiger partial charge is 0.381 e. The second kappa shape index (κ2) is 5.79. The second-order valence-electron chi connectivity index (χ2n) is 5.18. The van der Waals surface area contributed by atoms with Crippen LogP contribution >= 0.6 is 15.9 Å². The molecule has 2 aromatic rings. The molecule has 100 valence electrons. The van der Waals surface area contributed by atoms with Gasteiger partial charge in [-0.1, -0.05) is 28.1 Å². The van der Waals surface area contributed by atoms with Crippen LogP contribution in [0.2, 0.25) is 0 Å². The summed E-state index contributed by atoms with van der Waals surface area (Å²) in [6, 6.07) is 10.9. The summed E-state index contributed by atoms with van der Waals surface area (Å²) in [5.74, 6) is 0. The van der Waals surface area contributed by atoms with Crippen molar-refractivity contribution in [2.45, 2.75) is 34.2 Å². The number of aryl methyl sites for hydroxylation is 4. The molecule has 0 spiro atoms. The first-order valence-electron chi connectivity index (χ1n) is 6.54. The maximum atomic E-state index is 3.52. The zero-order valence-corrected chi connectivity index (χ0v) is 13.6. The first kappa shape index (κ1) is 14.1. The van der Waals surface area contributed by atoms with Gasteiger partial charge in [-0.25, -0.2) is 0 Å². The molecular weight excluding hydrogens is 298 g/mol. The molecule has 0 aliphatic carbocycles. The summed E-state index contributed by atoms with van der Waals surface area (Å²) >= 11 is 3.49. The molecule has 0 saturated heterocycles. The van der Waals surface area contributed by atoms with Crippen molar-refractivity contribution in [2.24, 2.45) is 0 Å². The molecule has 2 aromatic carbocycles. The van der Waals surface area contributed by atoms with Crippen LogP contribution in [0.15, 0.2) is 34.8 Å². The fourth-order valence-electron chi connectivity index (χ4n) is 2.23. The zero-order valence-electron chi connectivity index (χ0n) is 12.0. The topological polar surface area (TPSA) is 12.0 Å². The van der Waals surface area contributed by atoms with Crippen molar-refractivity contribution in [1.29, 1.82) is 0 Å². The summed E-state index contributed by atoms with van der Waals surface area (Å²) in [5, 5.41) is 3.52. The lowest BCUT2D eigenvalue weighted by Crippen LogP contribution is -2.03. The lowest BCUT2D eigenvalue weighted by atomic mass is 10.0. The van der Waals surface area contributed by atoms with E-state index >= 15 is 0 Å². The number of hydrogen-bond donors (Lipinski definition) is 1. The Morgan fingerprint density at radius 2 is 1.53 bits per heavy atom. The maximum Gasteiger partial charge on any atom is 0.0403 e. The summed E-state index contributed by atoms with van der Waals surface area (Å²) in [4.78, 5) is 0. The van der Waals surface area contributed by atoms with E-state index in [2.05, 4.69) is 79.3 Å².